The van der Waals surface area contributed by atoms with E-state index in [2.05, 4.69) is 11.8 Å². The van der Waals surface area contributed by atoms with Crippen LogP contribution in [0.3, 0.4) is 0 Å². The Kier molecular flexibility index (Phi) is 5.46. The van der Waals surface area contributed by atoms with Crippen LogP contribution in [0.1, 0.15) is 30.1 Å². The molecule has 1 amide bonds. The third-order valence-electron chi connectivity index (χ3n) is 5.13. The molecule has 3 rings (SSSR count). The molecule has 138 valence electrons. The monoisotopic (exact) mass is 365 g/mol. The number of nitrogens with zero attached hydrogens (tertiary/aromatic N) is 3. The number of likely N-dealkylation sites (N-methyl/N-ethyl adjacent to an activating group) is 1. The molecule has 2 aliphatic heterocycles. The van der Waals surface area contributed by atoms with Gasteiger partial charge in [-0.1, -0.05) is 13.0 Å². The van der Waals surface area contributed by atoms with Crippen molar-refractivity contribution in [3.8, 4) is 0 Å². The summed E-state index contributed by atoms with van der Waals surface area (Å²) in [5, 5.41) is 0. The Morgan fingerprint density at radius 2 is 1.84 bits per heavy atom. The normalized spacial score (nSPS) is 23.6. The summed E-state index contributed by atoms with van der Waals surface area (Å²) in [6.07, 6.45) is 2.15. The maximum Gasteiger partial charge on any atom is 0.253 e. The zero-order valence-corrected chi connectivity index (χ0v) is 15.8. The van der Waals surface area contributed by atoms with Gasteiger partial charge in [0.1, 0.15) is 0 Å². The van der Waals surface area contributed by atoms with Crippen molar-refractivity contribution >= 4 is 15.9 Å². The second-order valence-electron chi connectivity index (χ2n) is 7.23. The van der Waals surface area contributed by atoms with Crippen LogP contribution in [0.5, 0.6) is 0 Å². The topological polar surface area (TPSA) is 60.9 Å². The summed E-state index contributed by atoms with van der Waals surface area (Å²) in [4.78, 5) is 16.9. The standard InChI is InChI=1S/C18H27N3O3S/c1-15-5-4-8-20(14-15)18(22)16-6-3-7-17(13-16)25(23,24)21-11-9-19(2)10-12-21/h3,6-7,13,15H,4-5,8-12,14H2,1-2H3/t15-/m1/s1. The first-order valence-electron chi connectivity index (χ1n) is 8.96. The quantitative estimate of drug-likeness (QED) is 0.814. The van der Waals surface area contributed by atoms with E-state index in [1.807, 2.05) is 11.9 Å². The number of carbonyl (C=O) groups excluding carboxylic acids is 1. The van der Waals surface area contributed by atoms with Crippen LogP contribution in [-0.2, 0) is 10.0 Å². The summed E-state index contributed by atoms with van der Waals surface area (Å²) in [5.74, 6) is 0.428. The molecular weight excluding hydrogens is 338 g/mol. The van der Waals surface area contributed by atoms with Crippen molar-refractivity contribution in [1.29, 1.82) is 0 Å². The first-order chi connectivity index (χ1) is 11.9. The summed E-state index contributed by atoms with van der Waals surface area (Å²) >= 11 is 0. The fraction of sp³-hybridized carbons (Fsp3) is 0.611. The largest absolute Gasteiger partial charge is 0.338 e. The molecule has 2 heterocycles. The maximum absolute atomic E-state index is 12.9. The van der Waals surface area contributed by atoms with Crippen molar-refractivity contribution in [3.05, 3.63) is 29.8 Å². The SMILES string of the molecule is C[C@@H]1CCCN(C(=O)c2cccc(S(=O)(=O)N3CCN(C)CC3)c2)C1. The molecule has 7 heteroatoms. The molecule has 0 unspecified atom stereocenters. The smallest absolute Gasteiger partial charge is 0.253 e. The minimum absolute atomic E-state index is 0.0676. The van der Waals surface area contributed by atoms with E-state index in [-0.39, 0.29) is 10.8 Å². The predicted molar refractivity (Wildman–Crippen MR) is 97.0 cm³/mol. The summed E-state index contributed by atoms with van der Waals surface area (Å²) in [7, 11) is -1.56. The van der Waals surface area contributed by atoms with Crippen LogP contribution < -0.4 is 0 Å². The van der Waals surface area contributed by atoms with Crippen LogP contribution in [0, 0.1) is 5.92 Å². The Morgan fingerprint density at radius 1 is 1.12 bits per heavy atom. The van der Waals surface area contributed by atoms with Crippen LogP contribution in [-0.4, -0.2) is 74.7 Å². The van der Waals surface area contributed by atoms with Gasteiger partial charge in [-0.05, 0) is 44.0 Å². The van der Waals surface area contributed by atoms with E-state index in [1.54, 1.807) is 18.2 Å². The van der Waals surface area contributed by atoms with Gasteiger partial charge in [-0.2, -0.15) is 4.31 Å². The highest BCUT2D eigenvalue weighted by molar-refractivity contribution is 7.89. The molecular formula is C18H27N3O3S. The number of carbonyl (C=O) groups is 1. The highest BCUT2D eigenvalue weighted by atomic mass is 32.2. The number of amides is 1. The lowest BCUT2D eigenvalue weighted by Crippen LogP contribution is -2.47. The van der Waals surface area contributed by atoms with Crippen molar-refractivity contribution in [1.82, 2.24) is 14.1 Å². The minimum Gasteiger partial charge on any atom is -0.338 e. The first-order valence-corrected chi connectivity index (χ1v) is 10.4. The third-order valence-corrected chi connectivity index (χ3v) is 7.02. The molecule has 2 saturated heterocycles. The zero-order chi connectivity index (χ0) is 18.0. The molecule has 0 bridgehead atoms. The van der Waals surface area contributed by atoms with Crippen molar-refractivity contribution in [2.75, 3.05) is 46.3 Å². The molecule has 2 fully saturated rings. The number of sulfonamides is 1. The molecule has 0 N–H and O–H groups in total. The lowest BCUT2D eigenvalue weighted by molar-refractivity contribution is 0.0683. The van der Waals surface area contributed by atoms with E-state index in [0.717, 1.165) is 39.0 Å². The molecule has 0 aliphatic carbocycles. The van der Waals surface area contributed by atoms with Crippen molar-refractivity contribution in [2.24, 2.45) is 5.92 Å². The van der Waals surface area contributed by atoms with Gasteiger partial charge in [0.05, 0.1) is 4.90 Å². The second-order valence-corrected chi connectivity index (χ2v) is 9.17. The Labute approximate surface area is 150 Å². The Morgan fingerprint density at radius 3 is 2.52 bits per heavy atom. The number of hydrogen-bond acceptors (Lipinski definition) is 4. The molecule has 0 radical (unpaired) electrons. The van der Waals surface area contributed by atoms with Gasteiger partial charge < -0.3 is 9.80 Å². The van der Waals surface area contributed by atoms with Gasteiger partial charge in [-0.25, -0.2) is 8.42 Å². The number of hydrogen-bond donors (Lipinski definition) is 0. The lowest BCUT2D eigenvalue weighted by atomic mass is 9.99. The van der Waals surface area contributed by atoms with E-state index in [0.29, 0.717) is 24.6 Å². The summed E-state index contributed by atoms with van der Waals surface area (Å²) in [6.45, 7) is 6.06. The number of piperidine rings is 1. The van der Waals surface area contributed by atoms with Gasteiger partial charge in [0.25, 0.3) is 5.91 Å². The second kappa shape index (κ2) is 7.43. The average Bonchev–Trinajstić information content (AvgIpc) is 2.61. The maximum atomic E-state index is 12.9. The van der Waals surface area contributed by atoms with Crippen molar-refractivity contribution in [2.45, 2.75) is 24.7 Å². The number of likely N-dealkylation sites (tertiary alicyclic amines) is 1. The van der Waals surface area contributed by atoms with Gasteiger partial charge in [-0.15, -0.1) is 0 Å². The lowest BCUT2D eigenvalue weighted by Gasteiger charge is -2.32. The third kappa shape index (κ3) is 4.04. The molecule has 0 aromatic heterocycles. The van der Waals surface area contributed by atoms with Crippen LogP contribution in [0.2, 0.25) is 0 Å². The average molecular weight is 365 g/mol. The van der Waals surface area contributed by atoms with E-state index in [4.69, 9.17) is 0 Å². The van der Waals surface area contributed by atoms with Crippen LogP contribution in [0.15, 0.2) is 29.2 Å². The van der Waals surface area contributed by atoms with Crippen LogP contribution >= 0.6 is 0 Å². The molecule has 1 aromatic carbocycles. The number of rotatable bonds is 3. The first kappa shape index (κ1) is 18.4. The Balaban J connectivity index is 1.80. The Hall–Kier alpha value is -1.44. The van der Waals surface area contributed by atoms with Crippen molar-refractivity contribution in [3.63, 3.8) is 0 Å². The zero-order valence-electron chi connectivity index (χ0n) is 15.0. The van der Waals surface area contributed by atoms with Gasteiger partial charge in [0.2, 0.25) is 10.0 Å². The summed E-state index contributed by atoms with van der Waals surface area (Å²) < 4.78 is 27.3. The van der Waals surface area contributed by atoms with E-state index >= 15 is 0 Å². The van der Waals surface area contributed by atoms with Gasteiger partial charge in [-0.3, -0.25) is 4.79 Å². The molecule has 6 nitrogen and oxygen atoms in total. The van der Waals surface area contributed by atoms with Gasteiger partial charge >= 0.3 is 0 Å². The Bertz CT molecular complexity index is 727. The fourth-order valence-electron chi connectivity index (χ4n) is 3.52. The summed E-state index contributed by atoms with van der Waals surface area (Å²) in [5.41, 5.74) is 0.462. The molecule has 0 spiro atoms. The fourth-order valence-corrected chi connectivity index (χ4v) is 4.99. The molecule has 25 heavy (non-hydrogen) atoms. The highest BCUT2D eigenvalue weighted by Gasteiger charge is 2.29. The number of piperazine rings is 1. The molecule has 1 aromatic rings. The van der Waals surface area contributed by atoms with Crippen molar-refractivity contribution < 1.29 is 13.2 Å². The van der Waals surface area contributed by atoms with Crippen LogP contribution in [0.25, 0.3) is 0 Å². The molecule has 1 atom stereocenters. The summed E-state index contributed by atoms with van der Waals surface area (Å²) in [6, 6.07) is 6.51. The number of benzene rings is 1. The minimum atomic E-state index is -3.55. The predicted octanol–water partition coefficient (Wildman–Crippen LogP) is 1.49. The molecule has 2 aliphatic rings. The van der Waals surface area contributed by atoms with E-state index in [1.165, 1.54) is 10.4 Å². The molecule has 0 saturated carbocycles. The van der Waals surface area contributed by atoms with E-state index in [9.17, 15) is 13.2 Å². The highest BCUT2D eigenvalue weighted by Crippen LogP contribution is 2.22. The van der Waals surface area contributed by atoms with Gasteiger partial charge in [0, 0.05) is 44.8 Å². The van der Waals surface area contributed by atoms with E-state index < -0.39 is 10.0 Å². The van der Waals surface area contributed by atoms with Gasteiger partial charge in [0.15, 0.2) is 0 Å². The van der Waals surface area contributed by atoms with Crippen LogP contribution in [0.4, 0.5) is 0 Å².